The van der Waals surface area contributed by atoms with Gasteiger partial charge in [0.25, 0.3) is 0 Å². The zero-order valence-electron chi connectivity index (χ0n) is 13.8. The van der Waals surface area contributed by atoms with E-state index in [0.29, 0.717) is 11.3 Å². The van der Waals surface area contributed by atoms with Gasteiger partial charge in [-0.3, -0.25) is 0 Å². The molecule has 1 saturated heterocycles. The van der Waals surface area contributed by atoms with Gasteiger partial charge in [-0.25, -0.2) is 0 Å². The summed E-state index contributed by atoms with van der Waals surface area (Å²) in [5.41, 5.74) is 4.25. The Morgan fingerprint density at radius 1 is 1.10 bits per heavy atom. The minimum absolute atomic E-state index is 0.492. The maximum atomic E-state index is 3.84. The number of nitrogens with one attached hydrogen (secondary N) is 1. The van der Waals surface area contributed by atoms with Crippen molar-refractivity contribution >= 4 is 23.5 Å². The van der Waals surface area contributed by atoms with Gasteiger partial charge in [0.1, 0.15) is 0 Å². The van der Waals surface area contributed by atoms with Crippen LogP contribution in [0.2, 0.25) is 0 Å². The van der Waals surface area contributed by atoms with Gasteiger partial charge in [-0.05, 0) is 38.8 Å². The topological polar surface area (TPSA) is 12.0 Å². The zero-order valence-corrected chi connectivity index (χ0v) is 15.4. The molecule has 21 heavy (non-hydrogen) atoms. The summed E-state index contributed by atoms with van der Waals surface area (Å²) in [5.74, 6) is 2.61. The Balaban J connectivity index is 2.27. The van der Waals surface area contributed by atoms with Crippen molar-refractivity contribution in [3.05, 3.63) is 34.9 Å². The fourth-order valence-electron chi connectivity index (χ4n) is 3.16. The Labute approximate surface area is 139 Å². The van der Waals surface area contributed by atoms with Gasteiger partial charge in [0.15, 0.2) is 0 Å². The van der Waals surface area contributed by atoms with E-state index in [1.807, 2.05) is 0 Å². The van der Waals surface area contributed by atoms with E-state index in [2.05, 4.69) is 74.7 Å². The van der Waals surface area contributed by atoms with Gasteiger partial charge < -0.3 is 5.32 Å². The van der Waals surface area contributed by atoms with Crippen LogP contribution in [0.5, 0.6) is 0 Å². The van der Waals surface area contributed by atoms with E-state index in [0.717, 1.165) is 11.8 Å². The average Bonchev–Trinajstić information content (AvgIpc) is 2.47. The molecule has 0 aliphatic carbocycles. The summed E-state index contributed by atoms with van der Waals surface area (Å²) in [7, 11) is 0. The summed E-state index contributed by atoms with van der Waals surface area (Å²) in [6.07, 6.45) is 2.47. The molecule has 3 atom stereocenters. The lowest BCUT2D eigenvalue weighted by atomic mass is 9.96. The van der Waals surface area contributed by atoms with Crippen molar-refractivity contribution in [1.82, 2.24) is 5.32 Å². The molecule has 0 bridgehead atoms. The van der Waals surface area contributed by atoms with Crippen LogP contribution in [0.1, 0.15) is 49.4 Å². The summed E-state index contributed by atoms with van der Waals surface area (Å²) in [6, 6.07) is 7.53. The van der Waals surface area contributed by atoms with Crippen molar-refractivity contribution in [2.75, 3.05) is 18.1 Å². The summed E-state index contributed by atoms with van der Waals surface area (Å²) in [4.78, 5) is 0. The Morgan fingerprint density at radius 3 is 2.38 bits per heavy atom. The van der Waals surface area contributed by atoms with Crippen LogP contribution in [0.3, 0.4) is 0 Å². The summed E-state index contributed by atoms with van der Waals surface area (Å²) < 4.78 is 0. The van der Waals surface area contributed by atoms with Gasteiger partial charge in [-0.2, -0.15) is 23.5 Å². The van der Waals surface area contributed by atoms with Crippen molar-refractivity contribution in [3.8, 4) is 0 Å². The number of hydrogen-bond acceptors (Lipinski definition) is 3. The Hall–Kier alpha value is -0.120. The molecule has 3 unspecified atom stereocenters. The number of aryl methyl sites for hydroxylation is 2. The van der Waals surface area contributed by atoms with E-state index >= 15 is 0 Å². The molecule has 1 heterocycles. The lowest BCUT2D eigenvalue weighted by molar-refractivity contribution is 0.497. The quantitative estimate of drug-likeness (QED) is 0.793. The molecule has 118 valence electrons. The first-order valence-corrected chi connectivity index (χ1v) is 10.3. The Kier molecular flexibility index (Phi) is 6.97. The van der Waals surface area contributed by atoms with Crippen LogP contribution in [-0.4, -0.2) is 28.6 Å². The molecule has 1 aliphatic heterocycles. The molecule has 1 aromatic rings. The van der Waals surface area contributed by atoms with Gasteiger partial charge in [0.05, 0.1) is 0 Å². The van der Waals surface area contributed by atoms with Crippen LogP contribution in [-0.2, 0) is 0 Å². The van der Waals surface area contributed by atoms with E-state index in [1.54, 1.807) is 0 Å². The van der Waals surface area contributed by atoms with Crippen LogP contribution in [0.25, 0.3) is 0 Å². The summed E-state index contributed by atoms with van der Waals surface area (Å²) in [5, 5.41) is 5.31. The van der Waals surface area contributed by atoms with Crippen molar-refractivity contribution in [2.24, 2.45) is 0 Å². The molecule has 3 heteroatoms. The van der Waals surface area contributed by atoms with E-state index in [-0.39, 0.29) is 0 Å². The van der Waals surface area contributed by atoms with Crippen LogP contribution >= 0.6 is 23.5 Å². The van der Waals surface area contributed by atoms with Gasteiger partial charge in [0, 0.05) is 28.0 Å². The predicted molar refractivity (Wildman–Crippen MR) is 99.7 cm³/mol. The van der Waals surface area contributed by atoms with Gasteiger partial charge in [-0.15, -0.1) is 0 Å². The molecular weight excluding hydrogens is 294 g/mol. The molecule has 2 rings (SSSR count). The zero-order chi connectivity index (χ0) is 15.2. The minimum Gasteiger partial charge on any atom is -0.309 e. The van der Waals surface area contributed by atoms with Crippen molar-refractivity contribution < 1.29 is 0 Å². The Bertz CT molecular complexity index is 427. The van der Waals surface area contributed by atoms with Gasteiger partial charge in [-0.1, -0.05) is 43.2 Å². The van der Waals surface area contributed by atoms with E-state index in [4.69, 9.17) is 0 Å². The van der Waals surface area contributed by atoms with Crippen LogP contribution in [0.15, 0.2) is 18.2 Å². The van der Waals surface area contributed by atoms with Gasteiger partial charge >= 0.3 is 0 Å². The smallest absolute Gasteiger partial charge is 0.0451 e. The van der Waals surface area contributed by atoms with Crippen molar-refractivity contribution in [1.29, 1.82) is 0 Å². The number of rotatable bonds is 6. The second-order valence-electron chi connectivity index (χ2n) is 6.01. The monoisotopic (exact) mass is 323 g/mol. The second-order valence-corrected chi connectivity index (χ2v) is 8.64. The first-order valence-electron chi connectivity index (χ1n) is 8.20. The first kappa shape index (κ1) is 17.2. The number of hydrogen-bond donors (Lipinski definition) is 1. The van der Waals surface area contributed by atoms with E-state index < -0.39 is 0 Å². The molecule has 1 aromatic carbocycles. The fourth-order valence-corrected chi connectivity index (χ4v) is 6.41. The molecule has 0 aromatic heterocycles. The highest BCUT2D eigenvalue weighted by Crippen LogP contribution is 2.40. The number of thioether (sulfide) groups is 2. The molecule has 0 radical (unpaired) electrons. The number of benzene rings is 1. The van der Waals surface area contributed by atoms with Crippen LogP contribution in [0.4, 0.5) is 0 Å². The third-order valence-electron chi connectivity index (χ3n) is 4.04. The molecule has 0 saturated carbocycles. The van der Waals surface area contributed by atoms with E-state index in [1.165, 1.54) is 41.0 Å². The summed E-state index contributed by atoms with van der Waals surface area (Å²) >= 11 is 4.35. The van der Waals surface area contributed by atoms with Crippen LogP contribution in [0, 0.1) is 13.8 Å². The normalized spacial score (nSPS) is 24.0. The maximum Gasteiger partial charge on any atom is 0.0451 e. The fraction of sp³-hybridized carbons (Fsp3) is 0.667. The second kappa shape index (κ2) is 8.50. The largest absolute Gasteiger partial charge is 0.309 e. The lowest BCUT2D eigenvalue weighted by Crippen LogP contribution is -2.39. The van der Waals surface area contributed by atoms with E-state index in [9.17, 15) is 0 Å². The third kappa shape index (κ3) is 4.67. The molecule has 1 N–H and O–H groups in total. The Morgan fingerprint density at radius 2 is 1.76 bits per heavy atom. The van der Waals surface area contributed by atoms with Crippen LogP contribution < -0.4 is 5.32 Å². The maximum absolute atomic E-state index is 3.84. The van der Waals surface area contributed by atoms with Crippen molar-refractivity contribution in [2.45, 2.75) is 57.1 Å². The first-order chi connectivity index (χ1) is 10.2. The molecule has 1 nitrogen and oxygen atoms in total. The molecule has 1 fully saturated rings. The standard InChI is InChI=1S/C18H29NS2/c1-5-7-19-17(15-11-13(3)10-14(4)12-15)18-16(6-2)20-8-9-21-18/h10-12,16-19H,5-9H2,1-4H3. The van der Waals surface area contributed by atoms with Gasteiger partial charge in [0.2, 0.25) is 0 Å². The highest BCUT2D eigenvalue weighted by atomic mass is 32.2. The molecule has 0 spiro atoms. The third-order valence-corrected chi connectivity index (χ3v) is 7.39. The van der Waals surface area contributed by atoms with Crippen molar-refractivity contribution in [3.63, 3.8) is 0 Å². The highest BCUT2D eigenvalue weighted by molar-refractivity contribution is 8.07. The predicted octanol–water partition coefficient (Wildman–Crippen LogP) is 4.97. The average molecular weight is 324 g/mol. The molecule has 0 amide bonds. The summed E-state index contributed by atoms with van der Waals surface area (Å²) in [6.45, 7) is 10.1. The molecular formula is C18H29NS2. The highest BCUT2D eigenvalue weighted by Gasteiger charge is 2.32. The molecule has 1 aliphatic rings. The SMILES string of the molecule is CCCNC(c1cc(C)cc(C)c1)C1SCCSC1CC. The lowest BCUT2D eigenvalue weighted by Gasteiger charge is -2.37. The minimum atomic E-state index is 0.492.